The highest BCUT2D eigenvalue weighted by Gasteiger charge is 1.92. The minimum atomic E-state index is 0.889. The summed E-state index contributed by atoms with van der Waals surface area (Å²) in [6.07, 6.45) is 1.25. The third-order valence-corrected chi connectivity index (χ3v) is 0.846. The number of rotatable bonds is 0. The van der Waals surface area contributed by atoms with E-state index in [2.05, 4.69) is 19.2 Å². The summed E-state index contributed by atoms with van der Waals surface area (Å²) in [4.78, 5) is 0. The molecule has 2 nitrogen and oxygen atoms in total. The number of hydrogen-bond donors (Lipinski definition) is 1. The standard InChI is InChI=1S/C4H9NO.C3H8.2C2H6/c1-3-6-4-2-5-1;1-3-2;2*1-2/h5H,1-4H2;3H2,1-2H3;2*1-2H3. The zero-order valence-corrected chi connectivity index (χ0v) is 10.4. The van der Waals surface area contributed by atoms with Gasteiger partial charge in [-0.2, -0.15) is 0 Å². The lowest BCUT2D eigenvalue weighted by Crippen LogP contribution is -2.30. The predicted octanol–water partition coefficient (Wildman–Crippen LogP) is 3.07. The Kier molecular flexibility index (Phi) is 42.6. The van der Waals surface area contributed by atoms with Gasteiger partial charge in [0.05, 0.1) is 13.2 Å². The minimum Gasteiger partial charge on any atom is -0.379 e. The van der Waals surface area contributed by atoms with Crippen molar-refractivity contribution in [3.63, 3.8) is 0 Å². The van der Waals surface area contributed by atoms with Crippen LogP contribution in [0.2, 0.25) is 0 Å². The van der Waals surface area contributed by atoms with Gasteiger partial charge < -0.3 is 10.1 Å². The summed E-state index contributed by atoms with van der Waals surface area (Å²) in [5.74, 6) is 0. The smallest absolute Gasteiger partial charge is 0.0591 e. The third kappa shape index (κ3) is 33.5. The van der Waals surface area contributed by atoms with Gasteiger partial charge >= 0.3 is 0 Å². The first-order valence-electron chi connectivity index (χ1n) is 5.70. The van der Waals surface area contributed by atoms with Gasteiger partial charge in [0, 0.05) is 13.1 Å². The van der Waals surface area contributed by atoms with Gasteiger partial charge in [-0.05, 0) is 0 Å². The number of nitrogens with one attached hydrogen (secondary N) is 1. The Morgan fingerprint density at radius 3 is 1.31 bits per heavy atom. The van der Waals surface area contributed by atoms with Crippen LogP contribution in [0, 0.1) is 0 Å². The molecule has 1 saturated heterocycles. The molecule has 1 fully saturated rings. The van der Waals surface area contributed by atoms with Crippen LogP contribution < -0.4 is 5.32 Å². The van der Waals surface area contributed by atoms with Gasteiger partial charge in [0.25, 0.3) is 0 Å². The Bertz CT molecular complexity index is 33.8. The van der Waals surface area contributed by atoms with E-state index in [1.165, 1.54) is 6.42 Å². The van der Waals surface area contributed by atoms with Crippen LogP contribution in [0.15, 0.2) is 0 Å². The highest BCUT2D eigenvalue weighted by atomic mass is 16.5. The molecule has 1 aliphatic heterocycles. The Balaban J connectivity index is -0.000000124. The summed E-state index contributed by atoms with van der Waals surface area (Å²) in [6.45, 7) is 16.1. The predicted molar refractivity (Wildman–Crippen MR) is 62.3 cm³/mol. The molecule has 0 amide bonds. The molecular formula is C11H29NO. The van der Waals surface area contributed by atoms with E-state index < -0.39 is 0 Å². The lowest BCUT2D eigenvalue weighted by molar-refractivity contribution is 0.109. The van der Waals surface area contributed by atoms with E-state index in [9.17, 15) is 0 Å². The van der Waals surface area contributed by atoms with Crippen LogP contribution in [0.5, 0.6) is 0 Å². The molecule has 0 radical (unpaired) electrons. The molecule has 0 atom stereocenters. The van der Waals surface area contributed by atoms with Gasteiger partial charge in [-0.1, -0.05) is 48.0 Å². The van der Waals surface area contributed by atoms with Gasteiger partial charge in [0.15, 0.2) is 0 Å². The quantitative estimate of drug-likeness (QED) is 0.635. The first-order chi connectivity index (χ1) is 6.41. The molecule has 0 unspecified atom stereocenters. The summed E-state index contributed by atoms with van der Waals surface area (Å²) < 4.78 is 5.01. The molecule has 1 rings (SSSR count). The summed E-state index contributed by atoms with van der Waals surface area (Å²) in [5.41, 5.74) is 0. The van der Waals surface area contributed by atoms with Gasteiger partial charge in [-0.25, -0.2) is 0 Å². The number of hydrogen-bond acceptors (Lipinski definition) is 2. The van der Waals surface area contributed by atoms with Crippen LogP contribution in [0.1, 0.15) is 48.0 Å². The highest BCUT2D eigenvalue weighted by molar-refractivity contribution is 4.49. The van der Waals surface area contributed by atoms with Crippen LogP contribution in [0.4, 0.5) is 0 Å². The van der Waals surface area contributed by atoms with Crippen molar-refractivity contribution in [2.24, 2.45) is 0 Å². The first kappa shape index (κ1) is 18.7. The Morgan fingerprint density at radius 1 is 0.923 bits per heavy atom. The van der Waals surface area contributed by atoms with Crippen molar-refractivity contribution in [2.75, 3.05) is 26.3 Å². The first-order valence-corrected chi connectivity index (χ1v) is 5.70. The molecule has 0 saturated carbocycles. The summed E-state index contributed by atoms with van der Waals surface area (Å²) in [6, 6.07) is 0. The van der Waals surface area contributed by atoms with Crippen LogP contribution in [-0.2, 0) is 4.74 Å². The zero-order chi connectivity index (χ0) is 10.9. The van der Waals surface area contributed by atoms with E-state index in [1.807, 2.05) is 27.7 Å². The van der Waals surface area contributed by atoms with Gasteiger partial charge in [-0.3, -0.25) is 0 Å². The van der Waals surface area contributed by atoms with Crippen molar-refractivity contribution in [1.29, 1.82) is 0 Å². The maximum Gasteiger partial charge on any atom is 0.0591 e. The van der Waals surface area contributed by atoms with Crippen LogP contribution in [0.3, 0.4) is 0 Å². The van der Waals surface area contributed by atoms with Crippen LogP contribution >= 0.6 is 0 Å². The Hall–Kier alpha value is -0.0800. The molecule has 2 heteroatoms. The maximum absolute atomic E-state index is 5.01. The lowest BCUT2D eigenvalue weighted by atomic mass is 10.5. The van der Waals surface area contributed by atoms with E-state index in [0.717, 1.165) is 26.3 Å². The molecular weight excluding hydrogens is 162 g/mol. The molecule has 1 heterocycles. The van der Waals surface area contributed by atoms with Gasteiger partial charge in [-0.15, -0.1) is 0 Å². The Morgan fingerprint density at radius 2 is 1.23 bits per heavy atom. The molecule has 84 valence electrons. The molecule has 0 bridgehead atoms. The second-order valence-corrected chi connectivity index (χ2v) is 2.07. The maximum atomic E-state index is 5.01. The van der Waals surface area contributed by atoms with Crippen molar-refractivity contribution in [3.05, 3.63) is 0 Å². The fraction of sp³-hybridized carbons (Fsp3) is 1.00. The molecule has 13 heavy (non-hydrogen) atoms. The van der Waals surface area contributed by atoms with E-state index in [-0.39, 0.29) is 0 Å². The largest absolute Gasteiger partial charge is 0.379 e. The van der Waals surface area contributed by atoms with Crippen molar-refractivity contribution in [1.82, 2.24) is 5.32 Å². The van der Waals surface area contributed by atoms with E-state index in [0.29, 0.717) is 0 Å². The summed E-state index contributed by atoms with van der Waals surface area (Å²) in [7, 11) is 0. The average Bonchev–Trinajstić information content (AvgIpc) is 2.27. The second-order valence-electron chi connectivity index (χ2n) is 2.07. The average molecular weight is 191 g/mol. The highest BCUT2D eigenvalue weighted by Crippen LogP contribution is 1.76. The lowest BCUT2D eigenvalue weighted by Gasteiger charge is -2.10. The Labute approximate surface area is 85.1 Å². The normalized spacial score (nSPS) is 13.4. The monoisotopic (exact) mass is 191 g/mol. The van der Waals surface area contributed by atoms with E-state index >= 15 is 0 Å². The number of morpholine rings is 1. The fourth-order valence-electron chi connectivity index (χ4n) is 0.516. The molecule has 0 aromatic carbocycles. The minimum absolute atomic E-state index is 0.889. The van der Waals surface area contributed by atoms with Crippen molar-refractivity contribution < 1.29 is 4.74 Å². The van der Waals surface area contributed by atoms with Crippen molar-refractivity contribution in [2.45, 2.75) is 48.0 Å². The molecule has 0 aromatic rings. The summed E-state index contributed by atoms with van der Waals surface area (Å²) >= 11 is 0. The topological polar surface area (TPSA) is 21.3 Å². The molecule has 0 spiro atoms. The zero-order valence-electron chi connectivity index (χ0n) is 10.4. The SMILES string of the molecule is C1COCCN1.CC.CC.CCC. The van der Waals surface area contributed by atoms with Crippen LogP contribution in [0.25, 0.3) is 0 Å². The van der Waals surface area contributed by atoms with E-state index in [1.54, 1.807) is 0 Å². The molecule has 1 N–H and O–H groups in total. The van der Waals surface area contributed by atoms with Gasteiger partial charge in [0.2, 0.25) is 0 Å². The summed E-state index contributed by atoms with van der Waals surface area (Å²) in [5, 5.41) is 3.16. The number of ether oxygens (including phenoxy) is 1. The third-order valence-electron chi connectivity index (χ3n) is 0.846. The van der Waals surface area contributed by atoms with E-state index in [4.69, 9.17) is 4.74 Å². The van der Waals surface area contributed by atoms with Gasteiger partial charge in [0.1, 0.15) is 0 Å². The van der Waals surface area contributed by atoms with Crippen molar-refractivity contribution in [3.8, 4) is 0 Å². The molecule has 1 aliphatic rings. The molecule has 0 aliphatic carbocycles. The van der Waals surface area contributed by atoms with Crippen molar-refractivity contribution >= 4 is 0 Å². The second kappa shape index (κ2) is 29.7. The van der Waals surface area contributed by atoms with Crippen LogP contribution in [-0.4, -0.2) is 26.3 Å². The molecule has 0 aromatic heterocycles. The fourth-order valence-corrected chi connectivity index (χ4v) is 0.516.